The average molecular weight is 1350 g/mol. The molecule has 1 aliphatic heterocycles. The van der Waals surface area contributed by atoms with Gasteiger partial charge in [-0.15, -0.1) is 20.4 Å². The van der Waals surface area contributed by atoms with Gasteiger partial charge in [0, 0.05) is 103 Å². The van der Waals surface area contributed by atoms with Crippen LogP contribution in [0.15, 0.2) is 126 Å². The molecule has 3 heterocycles. The Morgan fingerprint density at radius 3 is 1.80 bits per heavy atom. The number of H-pyrrole nitrogens is 2. The summed E-state index contributed by atoms with van der Waals surface area (Å²) < 4.78 is 6.21. The summed E-state index contributed by atoms with van der Waals surface area (Å²) in [6.07, 6.45) is 4.47. The zero-order valence-electron chi connectivity index (χ0n) is 52.9. The molecule has 0 spiro atoms. The monoisotopic (exact) mass is 1350 g/mol. The minimum absolute atomic E-state index is 0.0200. The van der Waals surface area contributed by atoms with Crippen molar-refractivity contribution in [2.75, 3.05) is 62.6 Å². The summed E-state index contributed by atoms with van der Waals surface area (Å²) in [5.41, 5.74) is 12.1. The predicted octanol–water partition coefficient (Wildman–Crippen LogP) is 7.41. The number of hydrogen-bond acceptors (Lipinski definition) is 16. The normalized spacial score (nSPS) is 18.0. The summed E-state index contributed by atoms with van der Waals surface area (Å²) in [6, 6.07) is 35.3. The Balaban J connectivity index is 0.000000229. The van der Waals surface area contributed by atoms with E-state index in [1.54, 1.807) is 53.4 Å². The summed E-state index contributed by atoms with van der Waals surface area (Å²) in [6.45, 7) is 9.74. The number of benzene rings is 5. The molecule has 7 amide bonds. The summed E-state index contributed by atoms with van der Waals surface area (Å²) in [5, 5.41) is 57.4. The van der Waals surface area contributed by atoms with Gasteiger partial charge in [0.2, 0.25) is 35.3 Å². The topological polar surface area (TPSA) is 362 Å². The number of aromatic nitrogens is 8. The number of amides is 7. The predicted molar refractivity (Wildman–Crippen MR) is 354 cm³/mol. The number of tetrazole rings is 2. The van der Waals surface area contributed by atoms with Crippen molar-refractivity contribution in [2.45, 2.75) is 103 Å². The molecule has 2 aromatic heterocycles. The molecule has 0 bridgehead atoms. The Hall–Kier alpha value is -9.47. The van der Waals surface area contributed by atoms with Crippen molar-refractivity contribution < 1.29 is 48.5 Å². The summed E-state index contributed by atoms with van der Waals surface area (Å²) in [4.78, 5) is 96.1. The first kappa shape index (κ1) is 68.9. The van der Waals surface area contributed by atoms with E-state index in [-0.39, 0.29) is 66.7 Å². The van der Waals surface area contributed by atoms with Gasteiger partial charge in [-0.2, -0.15) is 10.4 Å². The Morgan fingerprint density at radius 2 is 1.24 bits per heavy atom. The number of aliphatic hydroxyl groups is 1. The lowest BCUT2D eigenvalue weighted by Crippen LogP contribution is -2.52. The zero-order chi connectivity index (χ0) is 66.7. The van der Waals surface area contributed by atoms with Crippen molar-refractivity contribution in [2.24, 2.45) is 29.4 Å². The molecule has 2 saturated carbocycles. The van der Waals surface area contributed by atoms with Gasteiger partial charge in [-0.1, -0.05) is 64.5 Å². The highest BCUT2D eigenvalue weighted by molar-refractivity contribution is 9.10. The van der Waals surface area contributed by atoms with E-state index in [2.05, 4.69) is 83.3 Å². The minimum atomic E-state index is -1.06. The van der Waals surface area contributed by atoms with Crippen molar-refractivity contribution in [1.82, 2.24) is 67.0 Å². The van der Waals surface area contributed by atoms with Crippen LogP contribution in [0.3, 0.4) is 0 Å². The Labute approximate surface area is 553 Å². The molecule has 26 nitrogen and oxygen atoms in total. The van der Waals surface area contributed by atoms with Gasteiger partial charge in [0.1, 0.15) is 17.7 Å². The number of rotatable bonds is 22. The maximum absolute atomic E-state index is 14.1. The number of halogens is 1. The van der Waals surface area contributed by atoms with Gasteiger partial charge in [0.15, 0.2) is 0 Å². The second kappa shape index (κ2) is 32.9. The minimum Gasteiger partial charge on any atom is -0.465 e. The quantitative estimate of drug-likeness (QED) is 0.0319. The number of ether oxygens (including phenoxy) is 1. The molecule has 10 rings (SSSR count). The van der Waals surface area contributed by atoms with E-state index in [1.807, 2.05) is 98.5 Å². The highest BCUT2D eigenvalue weighted by Crippen LogP contribution is 2.34. The van der Waals surface area contributed by atoms with E-state index in [1.165, 1.54) is 0 Å². The molecule has 27 heteroatoms. The number of anilines is 2. The second-order valence-electron chi connectivity index (χ2n) is 24.9. The Bertz CT molecular complexity index is 3640. The first-order valence-corrected chi connectivity index (χ1v) is 32.5. The van der Waals surface area contributed by atoms with E-state index in [9.17, 15) is 38.7 Å². The Kier molecular flexibility index (Phi) is 24.1. The number of aliphatic hydroxyl groups excluding tert-OH is 1. The molecule has 496 valence electrons. The molecular formula is C67H81BrN16O10. The van der Waals surface area contributed by atoms with Crippen LogP contribution in [0.1, 0.15) is 93.6 Å². The number of carboxylic acid groups (broad SMARTS) is 1. The number of piperazine rings is 1. The highest BCUT2D eigenvalue weighted by atomic mass is 79.9. The van der Waals surface area contributed by atoms with Crippen LogP contribution in [0.5, 0.6) is 0 Å². The van der Waals surface area contributed by atoms with Gasteiger partial charge < -0.3 is 46.9 Å². The number of hydrogen-bond donors (Lipinski definition) is 9. The maximum atomic E-state index is 14.1. The fraction of sp³-hybridized carbons (Fsp3) is 0.418. The number of nitrogens with two attached hydrogens (primary N) is 1. The number of nitrogens with zero attached hydrogens (tertiary/aromatic N) is 9. The smallest absolute Gasteiger partial charge is 0.407 e. The third-order valence-electron chi connectivity index (χ3n) is 17.1. The fourth-order valence-electron chi connectivity index (χ4n) is 12.1. The molecule has 2 aliphatic carbocycles. The van der Waals surface area contributed by atoms with E-state index >= 15 is 0 Å². The summed E-state index contributed by atoms with van der Waals surface area (Å²) in [5.74, 6) is -0.616. The lowest BCUT2D eigenvalue weighted by atomic mass is 9.81. The number of nitrogens with one attached hydrogen (secondary N) is 6. The third-order valence-corrected chi connectivity index (χ3v) is 17.6. The van der Waals surface area contributed by atoms with Gasteiger partial charge in [-0.3, -0.25) is 33.8 Å². The van der Waals surface area contributed by atoms with Crippen LogP contribution in [0, 0.1) is 23.7 Å². The lowest BCUT2D eigenvalue weighted by molar-refractivity contribution is -0.130. The lowest BCUT2D eigenvalue weighted by Gasteiger charge is -2.36. The summed E-state index contributed by atoms with van der Waals surface area (Å²) >= 11 is 3.48. The van der Waals surface area contributed by atoms with Crippen LogP contribution in [0.25, 0.3) is 33.9 Å². The molecule has 1 saturated heterocycles. The van der Waals surface area contributed by atoms with Crippen molar-refractivity contribution in [3.05, 3.63) is 142 Å². The molecule has 94 heavy (non-hydrogen) atoms. The van der Waals surface area contributed by atoms with Crippen LogP contribution in [-0.2, 0) is 36.8 Å². The van der Waals surface area contributed by atoms with Crippen LogP contribution in [0.4, 0.5) is 21.0 Å². The molecule has 0 unspecified atom stereocenters. The van der Waals surface area contributed by atoms with Crippen molar-refractivity contribution in [3.63, 3.8) is 0 Å². The first-order chi connectivity index (χ1) is 45.2. The molecule has 7 aromatic rings. The number of carbonyl (C=O) groups excluding carboxylic acids is 6. The number of carbonyl (C=O) groups is 7. The average Bonchev–Trinajstić information content (AvgIpc) is 0.888. The van der Waals surface area contributed by atoms with Gasteiger partial charge >= 0.3 is 12.2 Å². The van der Waals surface area contributed by atoms with Crippen molar-refractivity contribution in [3.8, 4) is 33.9 Å². The molecular weight excluding hydrogens is 1270 g/mol. The molecule has 3 fully saturated rings. The van der Waals surface area contributed by atoms with Crippen LogP contribution >= 0.6 is 15.9 Å². The van der Waals surface area contributed by atoms with Gasteiger partial charge in [0.25, 0.3) is 5.91 Å². The summed E-state index contributed by atoms with van der Waals surface area (Å²) in [7, 11) is 0. The van der Waals surface area contributed by atoms with Crippen LogP contribution in [0.2, 0.25) is 0 Å². The number of aromatic amines is 2. The van der Waals surface area contributed by atoms with E-state index in [4.69, 9.17) is 15.6 Å². The number of β-amino-alcohol motifs (C(OH)–C–C–N with tert-alkyl or cyclic N) is 1. The second-order valence-corrected chi connectivity index (χ2v) is 25.9. The largest absolute Gasteiger partial charge is 0.465 e. The Morgan fingerprint density at radius 1 is 0.681 bits per heavy atom. The van der Waals surface area contributed by atoms with E-state index in [0.717, 1.165) is 76.6 Å². The fourth-order valence-corrected chi connectivity index (χ4v) is 12.5. The third kappa shape index (κ3) is 19.8. The molecule has 3 aliphatic rings. The molecule has 5 aromatic carbocycles. The number of alkyl carbamates (subject to hydrolysis) is 1. The van der Waals surface area contributed by atoms with Gasteiger partial charge in [-0.05, 0) is 189 Å². The maximum Gasteiger partial charge on any atom is 0.407 e. The van der Waals surface area contributed by atoms with Crippen LogP contribution in [-0.4, -0.2) is 173 Å². The SMILES string of the molecule is CC(C)(C)OC(=O)NCC1CCC(C(=O)N(c2ccc(-c3nn[nH]n3)cc2)[C@@H](Cc2cccc(Br)c2)C(N)=O)CC1.O=C(O)NCC1CCC(C(=O)N[C@@H](Cc2cccc(-c3ccc(C(=O)N4CCN(CCO)CC4)cc3)c2)C(=O)Nc2ccc(-c3nn[nH]n3)cc2)CC1. The van der Waals surface area contributed by atoms with Gasteiger partial charge in [0.05, 0.1) is 6.61 Å². The van der Waals surface area contributed by atoms with Crippen molar-refractivity contribution in [1.29, 1.82) is 0 Å². The van der Waals surface area contributed by atoms with E-state index in [0.29, 0.717) is 87.0 Å². The molecule has 2 atom stereocenters. The van der Waals surface area contributed by atoms with E-state index < -0.39 is 35.8 Å². The van der Waals surface area contributed by atoms with Gasteiger partial charge in [-0.25, -0.2) is 9.59 Å². The van der Waals surface area contributed by atoms with Crippen LogP contribution < -0.4 is 31.9 Å². The standard InChI is InChI=1S/C38H45N9O6.C29H36BrN7O4/c48-21-20-46-16-18-47(19-17-46)37(51)30-10-8-27(9-11-30)31-3-1-2-26(22-31)23-33(41-35(49)29-6-4-25(5-7-29)24-39-38(52)53)36(50)40-32-14-12-28(13-15-32)34-42-44-45-43-34;1-29(2,3)41-28(40)32-17-18-7-9-21(10-8-18)27(39)37(23-13-11-20(12-14-23)26-33-35-36-34-26)24(25(31)38)16-19-5-4-6-22(30)15-19/h1-3,8-15,22,25,29,33,39,48H,4-7,16-21,23-24H2,(H,40,50)(H,41,49)(H,52,53)(H,42,43,44,45);4-6,11-15,18,21,24H,7-10,16-17H2,1-3H3,(H2,31,38)(H,32,40)(H,33,34,35,36)/t25?,29?,33-;18?,21?,24-/m00/s1. The number of primary amides is 1. The molecule has 0 radical (unpaired) electrons. The highest BCUT2D eigenvalue weighted by Gasteiger charge is 2.37. The first-order valence-electron chi connectivity index (χ1n) is 31.7. The van der Waals surface area contributed by atoms with Crippen molar-refractivity contribution >= 4 is 69.0 Å². The molecule has 10 N–H and O–H groups in total. The zero-order valence-corrected chi connectivity index (χ0v) is 54.5.